The molecule has 18 heavy (non-hydrogen) atoms. The van der Waals surface area contributed by atoms with E-state index in [1.165, 1.54) is 5.56 Å². The van der Waals surface area contributed by atoms with Gasteiger partial charge >= 0.3 is 5.97 Å². The third-order valence-corrected chi connectivity index (χ3v) is 2.62. The van der Waals surface area contributed by atoms with Gasteiger partial charge in [-0.3, -0.25) is 0 Å². The minimum atomic E-state index is -0.372. The van der Waals surface area contributed by atoms with Crippen LogP contribution in [0.2, 0.25) is 0 Å². The molecule has 2 rings (SSSR count). The number of nitrogens with zero attached hydrogens (tertiary/aromatic N) is 1. The molecule has 0 unspecified atom stereocenters. The summed E-state index contributed by atoms with van der Waals surface area (Å²) in [5.41, 5.74) is 2.74. The van der Waals surface area contributed by atoms with Crippen LogP contribution in [0.1, 0.15) is 21.6 Å². The Bertz CT molecular complexity index is 506. The molecule has 92 valence electrons. The van der Waals surface area contributed by atoms with Crippen molar-refractivity contribution < 1.29 is 9.53 Å². The van der Waals surface area contributed by atoms with Gasteiger partial charge in [0.1, 0.15) is 5.69 Å². The highest BCUT2D eigenvalue weighted by atomic mass is 16.5. The molecule has 0 N–H and O–H groups in total. The number of aromatic nitrogens is 1. The average molecular weight is 241 g/mol. The van der Waals surface area contributed by atoms with Crippen molar-refractivity contribution in [3.8, 4) is 0 Å². The zero-order valence-corrected chi connectivity index (χ0v) is 10.3. The van der Waals surface area contributed by atoms with Crippen LogP contribution in [0, 0.1) is 6.92 Å². The van der Waals surface area contributed by atoms with Gasteiger partial charge in [-0.2, -0.15) is 0 Å². The first kappa shape index (κ1) is 12.3. The molecule has 0 aliphatic rings. The molecule has 0 bridgehead atoms. The predicted octanol–water partition coefficient (Wildman–Crippen LogP) is 2.79. The molecule has 0 aliphatic carbocycles. The normalized spacial score (nSPS) is 10.1. The van der Waals surface area contributed by atoms with E-state index in [2.05, 4.69) is 17.1 Å². The first-order chi connectivity index (χ1) is 8.75. The zero-order chi connectivity index (χ0) is 12.8. The van der Waals surface area contributed by atoms with Gasteiger partial charge in [0, 0.05) is 12.6 Å². The SMILES string of the molecule is Cc1ccc(CCOC(=O)c2ccccn2)cc1. The molecular formula is C15H15NO2. The van der Waals surface area contributed by atoms with Gasteiger partial charge < -0.3 is 4.74 Å². The van der Waals surface area contributed by atoms with Crippen molar-refractivity contribution >= 4 is 5.97 Å². The Morgan fingerprint density at radius 3 is 2.61 bits per heavy atom. The minimum Gasteiger partial charge on any atom is -0.461 e. The van der Waals surface area contributed by atoms with Crippen molar-refractivity contribution in [2.75, 3.05) is 6.61 Å². The van der Waals surface area contributed by atoms with Crippen LogP contribution < -0.4 is 0 Å². The Labute approximate surface area is 106 Å². The maximum atomic E-state index is 11.6. The van der Waals surface area contributed by atoms with E-state index in [1.54, 1.807) is 24.4 Å². The Kier molecular flexibility index (Phi) is 4.07. The van der Waals surface area contributed by atoms with E-state index < -0.39 is 0 Å². The number of benzene rings is 1. The lowest BCUT2D eigenvalue weighted by atomic mass is 10.1. The molecule has 0 atom stereocenters. The fourth-order valence-corrected chi connectivity index (χ4v) is 1.57. The summed E-state index contributed by atoms with van der Waals surface area (Å²) in [6.07, 6.45) is 2.30. The van der Waals surface area contributed by atoms with Gasteiger partial charge in [0.2, 0.25) is 0 Å². The molecule has 1 aromatic carbocycles. The van der Waals surface area contributed by atoms with Gasteiger partial charge in [0.05, 0.1) is 6.61 Å². The number of carbonyl (C=O) groups excluding carboxylic acids is 1. The topological polar surface area (TPSA) is 39.2 Å². The molecule has 1 heterocycles. The molecule has 0 saturated carbocycles. The summed E-state index contributed by atoms with van der Waals surface area (Å²) in [6, 6.07) is 13.4. The van der Waals surface area contributed by atoms with Gasteiger partial charge in [-0.05, 0) is 24.6 Å². The van der Waals surface area contributed by atoms with Crippen molar-refractivity contribution in [2.24, 2.45) is 0 Å². The third-order valence-electron chi connectivity index (χ3n) is 2.62. The van der Waals surface area contributed by atoms with Gasteiger partial charge in [-0.15, -0.1) is 0 Å². The molecule has 0 spiro atoms. The molecular weight excluding hydrogens is 226 g/mol. The summed E-state index contributed by atoms with van der Waals surface area (Å²) in [4.78, 5) is 15.5. The molecule has 3 nitrogen and oxygen atoms in total. The monoisotopic (exact) mass is 241 g/mol. The summed E-state index contributed by atoms with van der Waals surface area (Å²) < 4.78 is 5.16. The molecule has 0 fully saturated rings. The second kappa shape index (κ2) is 5.96. The lowest BCUT2D eigenvalue weighted by molar-refractivity contribution is 0.0502. The highest BCUT2D eigenvalue weighted by molar-refractivity contribution is 5.87. The van der Waals surface area contributed by atoms with Crippen molar-refractivity contribution in [3.05, 3.63) is 65.5 Å². The van der Waals surface area contributed by atoms with Crippen LogP contribution in [0.5, 0.6) is 0 Å². The van der Waals surface area contributed by atoms with E-state index in [-0.39, 0.29) is 5.97 Å². The summed E-state index contributed by atoms with van der Waals surface area (Å²) in [7, 11) is 0. The maximum absolute atomic E-state index is 11.6. The van der Waals surface area contributed by atoms with Gasteiger partial charge in [-0.25, -0.2) is 9.78 Å². The van der Waals surface area contributed by atoms with E-state index in [4.69, 9.17) is 4.74 Å². The van der Waals surface area contributed by atoms with Crippen molar-refractivity contribution in [1.82, 2.24) is 4.98 Å². The van der Waals surface area contributed by atoms with Crippen LogP contribution in [0.15, 0.2) is 48.7 Å². The fourth-order valence-electron chi connectivity index (χ4n) is 1.57. The van der Waals surface area contributed by atoms with E-state index >= 15 is 0 Å². The Hall–Kier alpha value is -2.16. The number of rotatable bonds is 4. The Morgan fingerprint density at radius 2 is 1.94 bits per heavy atom. The van der Waals surface area contributed by atoms with E-state index in [1.807, 2.05) is 19.1 Å². The van der Waals surface area contributed by atoms with Gasteiger partial charge in [-0.1, -0.05) is 35.9 Å². The second-order valence-corrected chi connectivity index (χ2v) is 4.09. The lowest BCUT2D eigenvalue weighted by Gasteiger charge is -2.04. The van der Waals surface area contributed by atoms with E-state index in [0.29, 0.717) is 12.3 Å². The Morgan fingerprint density at radius 1 is 1.17 bits per heavy atom. The van der Waals surface area contributed by atoms with Gasteiger partial charge in [0.25, 0.3) is 0 Å². The highest BCUT2D eigenvalue weighted by Gasteiger charge is 2.06. The van der Waals surface area contributed by atoms with Crippen molar-refractivity contribution in [3.63, 3.8) is 0 Å². The number of esters is 1. The third kappa shape index (κ3) is 3.42. The Balaban J connectivity index is 1.82. The fraction of sp³-hybridized carbons (Fsp3) is 0.200. The molecule has 2 aromatic rings. The van der Waals surface area contributed by atoms with Crippen molar-refractivity contribution in [2.45, 2.75) is 13.3 Å². The lowest BCUT2D eigenvalue weighted by Crippen LogP contribution is -2.09. The number of aryl methyl sites for hydroxylation is 1. The number of carbonyl (C=O) groups is 1. The first-order valence-electron chi connectivity index (χ1n) is 5.89. The largest absolute Gasteiger partial charge is 0.461 e. The molecule has 0 radical (unpaired) electrons. The molecule has 0 amide bonds. The smallest absolute Gasteiger partial charge is 0.356 e. The summed E-state index contributed by atoms with van der Waals surface area (Å²) in [5, 5.41) is 0. The standard InChI is InChI=1S/C15H15NO2/c1-12-5-7-13(8-6-12)9-11-18-15(17)14-4-2-3-10-16-14/h2-8,10H,9,11H2,1H3. The first-order valence-corrected chi connectivity index (χ1v) is 5.89. The molecule has 1 aromatic heterocycles. The zero-order valence-electron chi connectivity index (χ0n) is 10.3. The van der Waals surface area contributed by atoms with Crippen LogP contribution in [0.25, 0.3) is 0 Å². The van der Waals surface area contributed by atoms with Crippen LogP contribution in [-0.4, -0.2) is 17.6 Å². The van der Waals surface area contributed by atoms with E-state index in [0.717, 1.165) is 12.0 Å². The molecule has 0 aliphatic heterocycles. The summed E-state index contributed by atoms with van der Waals surface area (Å²) in [6.45, 7) is 2.42. The average Bonchev–Trinajstić information content (AvgIpc) is 2.42. The molecule has 0 saturated heterocycles. The van der Waals surface area contributed by atoms with Crippen molar-refractivity contribution in [1.29, 1.82) is 0 Å². The molecule has 3 heteroatoms. The van der Waals surface area contributed by atoms with Crippen LogP contribution >= 0.6 is 0 Å². The number of ether oxygens (including phenoxy) is 1. The van der Waals surface area contributed by atoms with Crippen LogP contribution in [0.3, 0.4) is 0 Å². The van der Waals surface area contributed by atoms with E-state index in [9.17, 15) is 4.79 Å². The predicted molar refractivity (Wildman–Crippen MR) is 69.4 cm³/mol. The maximum Gasteiger partial charge on any atom is 0.356 e. The minimum absolute atomic E-state index is 0.349. The summed E-state index contributed by atoms with van der Waals surface area (Å²) in [5.74, 6) is -0.372. The van der Waals surface area contributed by atoms with Crippen LogP contribution in [0.4, 0.5) is 0 Å². The highest BCUT2D eigenvalue weighted by Crippen LogP contribution is 2.05. The number of pyridine rings is 1. The number of hydrogen-bond acceptors (Lipinski definition) is 3. The summed E-state index contributed by atoms with van der Waals surface area (Å²) >= 11 is 0. The second-order valence-electron chi connectivity index (χ2n) is 4.09. The van der Waals surface area contributed by atoms with Crippen LogP contribution in [-0.2, 0) is 11.2 Å². The quantitative estimate of drug-likeness (QED) is 0.773. The number of hydrogen-bond donors (Lipinski definition) is 0. The van der Waals surface area contributed by atoms with Gasteiger partial charge in [0.15, 0.2) is 0 Å².